The minimum Gasteiger partial charge on any atom is -0.491 e. The van der Waals surface area contributed by atoms with Crippen molar-refractivity contribution in [3.05, 3.63) is 29.8 Å². The molecule has 0 bridgehead atoms. The number of hydrogen-bond acceptors (Lipinski definition) is 4. The van der Waals surface area contributed by atoms with Crippen molar-refractivity contribution < 1.29 is 14.6 Å². The van der Waals surface area contributed by atoms with Crippen LogP contribution in [0.2, 0.25) is 0 Å². The average molecular weight is 281 g/mol. The van der Waals surface area contributed by atoms with Gasteiger partial charge in [-0.25, -0.2) is 0 Å². The lowest BCUT2D eigenvalue weighted by Gasteiger charge is -2.07. The second-order valence-electron chi connectivity index (χ2n) is 4.71. The molecular formula is C16H27NO3. The minimum atomic E-state index is 0.0453. The molecule has 0 aliphatic carbocycles. The van der Waals surface area contributed by atoms with E-state index in [9.17, 15) is 0 Å². The Morgan fingerprint density at radius 2 is 1.80 bits per heavy atom. The maximum Gasteiger partial charge on any atom is 0.119 e. The van der Waals surface area contributed by atoms with E-state index in [0.29, 0.717) is 6.61 Å². The van der Waals surface area contributed by atoms with Gasteiger partial charge in [-0.05, 0) is 37.1 Å². The molecule has 0 aliphatic rings. The predicted molar refractivity (Wildman–Crippen MR) is 81.1 cm³/mol. The fraction of sp³-hybridized carbons (Fsp3) is 0.625. The second-order valence-corrected chi connectivity index (χ2v) is 4.71. The van der Waals surface area contributed by atoms with Crippen molar-refractivity contribution >= 4 is 0 Å². The summed E-state index contributed by atoms with van der Waals surface area (Å²) in [7, 11) is 0. The molecule has 0 fully saturated rings. The summed E-state index contributed by atoms with van der Waals surface area (Å²) in [5.41, 5.74) is 1.23. The standard InChI is InChI=1S/C16H27NO3/c1-2-3-11-19-12-4-9-17-14-15-5-7-16(8-6-15)20-13-10-18/h5-8,17-18H,2-4,9-14H2,1H3. The largest absolute Gasteiger partial charge is 0.491 e. The van der Waals surface area contributed by atoms with E-state index in [1.54, 1.807) is 0 Å². The number of rotatable bonds is 12. The van der Waals surface area contributed by atoms with E-state index in [-0.39, 0.29) is 6.61 Å². The summed E-state index contributed by atoms with van der Waals surface area (Å²) >= 11 is 0. The molecule has 114 valence electrons. The van der Waals surface area contributed by atoms with Gasteiger partial charge in [-0.3, -0.25) is 0 Å². The van der Waals surface area contributed by atoms with Gasteiger partial charge in [0.15, 0.2) is 0 Å². The van der Waals surface area contributed by atoms with Crippen LogP contribution in [0.25, 0.3) is 0 Å². The third-order valence-corrected chi connectivity index (χ3v) is 2.90. The molecule has 2 N–H and O–H groups in total. The molecule has 0 aromatic heterocycles. The molecule has 0 spiro atoms. The zero-order valence-electron chi connectivity index (χ0n) is 12.4. The Kier molecular flexibility index (Phi) is 9.92. The molecule has 0 saturated heterocycles. The summed E-state index contributed by atoms with van der Waals surface area (Å²) in [6, 6.07) is 7.94. The van der Waals surface area contributed by atoms with Crippen molar-refractivity contribution in [2.24, 2.45) is 0 Å². The molecular weight excluding hydrogens is 254 g/mol. The van der Waals surface area contributed by atoms with Crippen LogP contribution in [0.1, 0.15) is 31.7 Å². The van der Waals surface area contributed by atoms with Crippen LogP contribution in [-0.4, -0.2) is 38.1 Å². The van der Waals surface area contributed by atoms with Gasteiger partial charge in [0, 0.05) is 19.8 Å². The van der Waals surface area contributed by atoms with Gasteiger partial charge in [-0.1, -0.05) is 25.5 Å². The molecule has 0 amide bonds. The van der Waals surface area contributed by atoms with Gasteiger partial charge in [-0.2, -0.15) is 0 Å². The predicted octanol–water partition coefficient (Wildman–Crippen LogP) is 2.35. The molecule has 0 atom stereocenters. The number of ether oxygens (including phenoxy) is 2. The minimum absolute atomic E-state index is 0.0453. The maximum absolute atomic E-state index is 8.67. The van der Waals surface area contributed by atoms with Crippen molar-refractivity contribution in [2.45, 2.75) is 32.7 Å². The molecule has 0 aliphatic heterocycles. The Morgan fingerprint density at radius 3 is 2.50 bits per heavy atom. The molecule has 0 heterocycles. The van der Waals surface area contributed by atoms with Gasteiger partial charge in [0.2, 0.25) is 0 Å². The highest BCUT2D eigenvalue weighted by molar-refractivity contribution is 5.27. The summed E-state index contributed by atoms with van der Waals surface area (Å²) in [5, 5.41) is 12.1. The van der Waals surface area contributed by atoms with Crippen molar-refractivity contribution in [2.75, 3.05) is 33.0 Å². The number of nitrogens with one attached hydrogen (secondary N) is 1. The highest BCUT2D eigenvalue weighted by Crippen LogP contribution is 2.11. The number of aliphatic hydroxyl groups excluding tert-OH is 1. The van der Waals surface area contributed by atoms with Crippen molar-refractivity contribution in [3.63, 3.8) is 0 Å². The van der Waals surface area contributed by atoms with Gasteiger partial charge in [-0.15, -0.1) is 0 Å². The number of benzene rings is 1. The molecule has 4 nitrogen and oxygen atoms in total. The lowest BCUT2D eigenvalue weighted by Crippen LogP contribution is -2.16. The lowest BCUT2D eigenvalue weighted by atomic mass is 10.2. The molecule has 1 rings (SSSR count). The van der Waals surface area contributed by atoms with E-state index in [2.05, 4.69) is 12.2 Å². The quantitative estimate of drug-likeness (QED) is 0.577. The Hall–Kier alpha value is -1.10. The van der Waals surface area contributed by atoms with Crippen LogP contribution >= 0.6 is 0 Å². The SMILES string of the molecule is CCCCOCCCNCc1ccc(OCCO)cc1. The summed E-state index contributed by atoms with van der Waals surface area (Å²) in [6.07, 6.45) is 3.38. The van der Waals surface area contributed by atoms with Crippen LogP contribution in [-0.2, 0) is 11.3 Å². The van der Waals surface area contributed by atoms with E-state index in [0.717, 1.165) is 44.9 Å². The smallest absolute Gasteiger partial charge is 0.119 e. The molecule has 20 heavy (non-hydrogen) atoms. The summed E-state index contributed by atoms with van der Waals surface area (Å²) in [6.45, 7) is 6.10. The monoisotopic (exact) mass is 281 g/mol. The van der Waals surface area contributed by atoms with E-state index in [1.165, 1.54) is 12.0 Å². The first-order valence-electron chi connectivity index (χ1n) is 7.48. The molecule has 0 radical (unpaired) electrons. The fourth-order valence-corrected chi connectivity index (χ4v) is 1.75. The van der Waals surface area contributed by atoms with Crippen molar-refractivity contribution in [1.82, 2.24) is 5.32 Å². The molecule has 0 unspecified atom stereocenters. The first-order chi connectivity index (χ1) is 9.86. The highest BCUT2D eigenvalue weighted by atomic mass is 16.5. The van der Waals surface area contributed by atoms with Crippen LogP contribution < -0.4 is 10.1 Å². The summed E-state index contributed by atoms with van der Waals surface area (Å²) in [5.74, 6) is 0.798. The highest BCUT2D eigenvalue weighted by Gasteiger charge is 1.96. The van der Waals surface area contributed by atoms with Crippen LogP contribution in [0.4, 0.5) is 0 Å². The molecule has 1 aromatic rings. The Morgan fingerprint density at radius 1 is 1.05 bits per heavy atom. The van der Waals surface area contributed by atoms with E-state index in [4.69, 9.17) is 14.6 Å². The average Bonchev–Trinajstić information content (AvgIpc) is 2.49. The van der Waals surface area contributed by atoms with Gasteiger partial charge >= 0.3 is 0 Å². The first kappa shape index (κ1) is 17.0. The Labute approximate surface area is 122 Å². The van der Waals surface area contributed by atoms with Crippen molar-refractivity contribution in [1.29, 1.82) is 0 Å². The third-order valence-electron chi connectivity index (χ3n) is 2.90. The number of aliphatic hydroxyl groups is 1. The van der Waals surface area contributed by atoms with Crippen molar-refractivity contribution in [3.8, 4) is 5.75 Å². The Balaban J connectivity index is 2.04. The molecule has 1 aromatic carbocycles. The Bertz CT molecular complexity index is 327. The molecule has 4 heteroatoms. The lowest BCUT2D eigenvalue weighted by molar-refractivity contribution is 0.129. The second kappa shape index (κ2) is 11.7. The summed E-state index contributed by atoms with van der Waals surface area (Å²) < 4.78 is 10.8. The zero-order valence-corrected chi connectivity index (χ0v) is 12.4. The van der Waals surface area contributed by atoms with Gasteiger partial charge < -0.3 is 19.9 Å². The van der Waals surface area contributed by atoms with Crippen LogP contribution in [0, 0.1) is 0 Å². The van der Waals surface area contributed by atoms with Crippen LogP contribution in [0.3, 0.4) is 0 Å². The third kappa shape index (κ3) is 8.15. The summed E-state index contributed by atoms with van der Waals surface area (Å²) in [4.78, 5) is 0. The number of hydrogen-bond donors (Lipinski definition) is 2. The zero-order chi connectivity index (χ0) is 14.5. The first-order valence-corrected chi connectivity index (χ1v) is 7.48. The van der Waals surface area contributed by atoms with Gasteiger partial charge in [0.1, 0.15) is 12.4 Å². The normalized spacial score (nSPS) is 10.7. The molecule has 0 saturated carbocycles. The number of unbranched alkanes of at least 4 members (excludes halogenated alkanes) is 1. The van der Waals surface area contributed by atoms with Gasteiger partial charge in [0.25, 0.3) is 0 Å². The van der Waals surface area contributed by atoms with E-state index in [1.807, 2.05) is 24.3 Å². The van der Waals surface area contributed by atoms with E-state index >= 15 is 0 Å². The van der Waals surface area contributed by atoms with E-state index < -0.39 is 0 Å². The van der Waals surface area contributed by atoms with Crippen LogP contribution in [0.5, 0.6) is 5.75 Å². The van der Waals surface area contributed by atoms with Crippen LogP contribution in [0.15, 0.2) is 24.3 Å². The fourth-order valence-electron chi connectivity index (χ4n) is 1.75. The maximum atomic E-state index is 8.67. The topological polar surface area (TPSA) is 50.7 Å². The van der Waals surface area contributed by atoms with Gasteiger partial charge in [0.05, 0.1) is 6.61 Å².